The van der Waals surface area contributed by atoms with E-state index < -0.39 is 23.8 Å². The van der Waals surface area contributed by atoms with Crippen molar-refractivity contribution in [3.05, 3.63) is 82.2 Å². The molecule has 5 nitrogen and oxygen atoms in total. The molecule has 2 aromatic carbocycles. The minimum Gasteiger partial charge on any atom is -0.390 e. The monoisotopic (exact) mass is 498 g/mol. The number of hydrogen-bond acceptors (Lipinski definition) is 5. The SMILES string of the molecule is CC(=O)N[C@@H](Cc1cc(F)cc(F)c1)[C@H](O)CNC1(c2cccc(-c3ccc(C(C)=O)s3)c2)CC1. The first-order chi connectivity index (χ1) is 16.6. The molecule has 35 heavy (non-hydrogen) atoms. The number of carbonyl (C=O) groups excluding carboxylic acids is 2. The zero-order chi connectivity index (χ0) is 25.2. The van der Waals surface area contributed by atoms with E-state index >= 15 is 0 Å². The lowest BCUT2D eigenvalue weighted by atomic mass is 9.98. The molecule has 4 rings (SSSR count). The van der Waals surface area contributed by atoms with Crippen LogP contribution >= 0.6 is 11.3 Å². The fraction of sp³-hybridized carbons (Fsp3) is 0.333. The van der Waals surface area contributed by atoms with E-state index in [4.69, 9.17) is 0 Å². The predicted octanol–water partition coefficient (Wildman–Crippen LogP) is 4.58. The topological polar surface area (TPSA) is 78.4 Å². The number of aliphatic hydroxyl groups excluding tert-OH is 1. The number of thiophene rings is 1. The average Bonchev–Trinajstić information content (AvgIpc) is 3.42. The van der Waals surface area contributed by atoms with Gasteiger partial charge in [0.1, 0.15) is 11.6 Å². The number of hydrogen-bond donors (Lipinski definition) is 3. The molecule has 1 aliphatic carbocycles. The maximum Gasteiger partial charge on any atom is 0.217 e. The van der Waals surface area contributed by atoms with Crippen LogP contribution in [0.2, 0.25) is 0 Å². The van der Waals surface area contributed by atoms with Crippen molar-refractivity contribution in [2.75, 3.05) is 6.54 Å². The van der Waals surface area contributed by atoms with Gasteiger partial charge >= 0.3 is 0 Å². The number of benzene rings is 2. The molecule has 3 aromatic rings. The highest BCUT2D eigenvalue weighted by Gasteiger charge is 2.44. The maximum atomic E-state index is 13.6. The molecule has 3 N–H and O–H groups in total. The number of aliphatic hydroxyl groups is 1. The summed E-state index contributed by atoms with van der Waals surface area (Å²) in [4.78, 5) is 25.1. The van der Waals surface area contributed by atoms with E-state index in [1.165, 1.54) is 30.4 Å². The van der Waals surface area contributed by atoms with Gasteiger partial charge in [0.05, 0.1) is 17.0 Å². The Morgan fingerprint density at radius 3 is 2.37 bits per heavy atom. The molecular formula is C27H28F2N2O3S. The molecule has 0 aliphatic heterocycles. The molecule has 2 atom stereocenters. The zero-order valence-corrected chi connectivity index (χ0v) is 20.4. The molecule has 1 aliphatic rings. The Morgan fingerprint density at radius 1 is 1.06 bits per heavy atom. The minimum atomic E-state index is -0.971. The first-order valence-corrected chi connectivity index (χ1v) is 12.3. The van der Waals surface area contributed by atoms with Gasteiger partial charge in [0.15, 0.2) is 5.78 Å². The van der Waals surface area contributed by atoms with E-state index in [2.05, 4.69) is 16.7 Å². The van der Waals surface area contributed by atoms with Crippen LogP contribution in [0.1, 0.15) is 47.5 Å². The third-order valence-electron chi connectivity index (χ3n) is 6.28. The van der Waals surface area contributed by atoms with Gasteiger partial charge in [-0.1, -0.05) is 18.2 Å². The van der Waals surface area contributed by atoms with Crippen LogP contribution in [0.15, 0.2) is 54.6 Å². The van der Waals surface area contributed by atoms with Crippen LogP contribution in [0.25, 0.3) is 10.4 Å². The number of ketones is 1. The van der Waals surface area contributed by atoms with Gasteiger partial charge in [-0.05, 0) is 73.2 Å². The van der Waals surface area contributed by atoms with Crippen LogP contribution in [-0.2, 0) is 16.8 Å². The van der Waals surface area contributed by atoms with Crippen LogP contribution in [-0.4, -0.2) is 35.5 Å². The fourth-order valence-electron chi connectivity index (χ4n) is 4.31. The molecule has 1 saturated carbocycles. The summed E-state index contributed by atoms with van der Waals surface area (Å²) in [6.07, 6.45) is 0.913. The summed E-state index contributed by atoms with van der Waals surface area (Å²) in [5.74, 6) is -1.69. The van der Waals surface area contributed by atoms with Crippen molar-refractivity contribution in [1.82, 2.24) is 10.6 Å². The van der Waals surface area contributed by atoms with Gasteiger partial charge in [0.2, 0.25) is 5.91 Å². The second-order valence-electron chi connectivity index (χ2n) is 9.12. The van der Waals surface area contributed by atoms with Gasteiger partial charge in [-0.2, -0.15) is 0 Å². The number of carbonyl (C=O) groups is 2. The van der Waals surface area contributed by atoms with Crippen LogP contribution < -0.4 is 10.6 Å². The van der Waals surface area contributed by atoms with Crippen molar-refractivity contribution in [1.29, 1.82) is 0 Å². The maximum absolute atomic E-state index is 13.6. The summed E-state index contributed by atoms with van der Waals surface area (Å²) in [5, 5.41) is 17.0. The quantitative estimate of drug-likeness (QED) is 0.358. The van der Waals surface area contributed by atoms with Crippen molar-refractivity contribution in [3.8, 4) is 10.4 Å². The van der Waals surface area contributed by atoms with E-state index in [0.29, 0.717) is 5.56 Å². The number of Topliss-reactive ketones (excluding diaryl/α,β-unsaturated/α-hetero) is 1. The lowest BCUT2D eigenvalue weighted by molar-refractivity contribution is -0.120. The number of halogens is 2. The normalized spacial score (nSPS) is 15.9. The van der Waals surface area contributed by atoms with Crippen molar-refractivity contribution >= 4 is 23.0 Å². The summed E-state index contributed by atoms with van der Waals surface area (Å²) in [7, 11) is 0. The molecule has 0 bridgehead atoms. The van der Waals surface area contributed by atoms with Gasteiger partial charge in [0.25, 0.3) is 0 Å². The second kappa shape index (κ2) is 10.4. The first kappa shape index (κ1) is 25.2. The molecule has 0 unspecified atom stereocenters. The zero-order valence-electron chi connectivity index (χ0n) is 19.6. The second-order valence-corrected chi connectivity index (χ2v) is 10.2. The third-order valence-corrected chi connectivity index (χ3v) is 7.52. The lowest BCUT2D eigenvalue weighted by Gasteiger charge is -2.27. The average molecular weight is 499 g/mol. The Labute approximate surface area is 207 Å². The van der Waals surface area contributed by atoms with Gasteiger partial charge in [-0.15, -0.1) is 11.3 Å². The number of nitrogens with one attached hydrogen (secondary N) is 2. The Kier molecular flexibility index (Phi) is 7.44. The Bertz CT molecular complexity index is 1220. The van der Waals surface area contributed by atoms with Crippen molar-refractivity contribution in [2.45, 2.75) is 50.8 Å². The first-order valence-electron chi connectivity index (χ1n) is 11.5. The highest BCUT2D eigenvalue weighted by atomic mass is 32.1. The molecule has 184 valence electrons. The summed E-state index contributed by atoms with van der Waals surface area (Å²) in [5.41, 5.74) is 2.18. The van der Waals surface area contributed by atoms with Crippen LogP contribution in [0.3, 0.4) is 0 Å². The molecule has 0 spiro atoms. The van der Waals surface area contributed by atoms with Crippen LogP contribution in [0.5, 0.6) is 0 Å². The van der Waals surface area contributed by atoms with E-state index in [9.17, 15) is 23.5 Å². The smallest absolute Gasteiger partial charge is 0.217 e. The molecule has 0 radical (unpaired) electrons. The number of amides is 1. The minimum absolute atomic E-state index is 0.0430. The summed E-state index contributed by atoms with van der Waals surface area (Å²) in [6, 6.07) is 14.4. The molecule has 0 saturated heterocycles. The van der Waals surface area contributed by atoms with Crippen molar-refractivity contribution < 1.29 is 23.5 Å². The highest BCUT2D eigenvalue weighted by molar-refractivity contribution is 7.17. The van der Waals surface area contributed by atoms with Gasteiger partial charge in [-0.3, -0.25) is 9.59 Å². The van der Waals surface area contributed by atoms with Gasteiger partial charge in [0, 0.05) is 30.0 Å². The van der Waals surface area contributed by atoms with Gasteiger partial charge < -0.3 is 15.7 Å². The Balaban J connectivity index is 1.46. The van der Waals surface area contributed by atoms with E-state index in [1.807, 2.05) is 30.3 Å². The molecule has 1 heterocycles. The molecule has 1 fully saturated rings. The summed E-state index contributed by atoms with van der Waals surface area (Å²) < 4.78 is 27.2. The van der Waals surface area contributed by atoms with E-state index in [0.717, 1.165) is 39.8 Å². The standard InChI is InChI=1S/C27H28F2N2O3S/c1-16(32)25-6-7-26(35-25)19-4-3-5-20(13-19)27(8-9-27)30-15-24(34)23(31-17(2)33)12-18-10-21(28)14-22(29)11-18/h3-7,10-11,13-14,23-24,30,34H,8-9,12,15H2,1-2H3,(H,31,33)/t23-,24+/m0/s1. The largest absolute Gasteiger partial charge is 0.390 e. The van der Waals surface area contributed by atoms with Crippen LogP contribution in [0.4, 0.5) is 8.78 Å². The highest BCUT2D eigenvalue weighted by Crippen LogP contribution is 2.46. The van der Waals surface area contributed by atoms with Crippen molar-refractivity contribution in [3.63, 3.8) is 0 Å². The fourth-order valence-corrected chi connectivity index (χ4v) is 5.21. The predicted molar refractivity (Wildman–Crippen MR) is 132 cm³/mol. The summed E-state index contributed by atoms with van der Waals surface area (Å²) >= 11 is 1.46. The lowest BCUT2D eigenvalue weighted by Crippen LogP contribution is -2.49. The Hall–Kier alpha value is -2.94. The Morgan fingerprint density at radius 2 is 1.77 bits per heavy atom. The van der Waals surface area contributed by atoms with Crippen molar-refractivity contribution in [2.24, 2.45) is 0 Å². The number of rotatable bonds is 10. The van der Waals surface area contributed by atoms with E-state index in [1.54, 1.807) is 6.92 Å². The summed E-state index contributed by atoms with van der Waals surface area (Å²) in [6.45, 7) is 3.09. The molecule has 1 aromatic heterocycles. The molecule has 1 amide bonds. The molecular weight excluding hydrogens is 470 g/mol. The third kappa shape index (κ3) is 6.20. The van der Waals surface area contributed by atoms with Gasteiger partial charge in [-0.25, -0.2) is 8.78 Å². The molecule has 8 heteroatoms. The van der Waals surface area contributed by atoms with E-state index in [-0.39, 0.29) is 30.2 Å². The van der Waals surface area contributed by atoms with Crippen LogP contribution in [0, 0.1) is 11.6 Å².